The minimum Gasteiger partial charge on any atom is -0.292 e. The molecule has 2 aromatic heterocycles. The molecule has 2 heterocycles. The second-order valence-corrected chi connectivity index (χ2v) is 5.74. The molecule has 2 aromatic carbocycles. The highest BCUT2D eigenvalue weighted by Crippen LogP contribution is 2.13. The lowest BCUT2D eigenvalue weighted by Gasteiger charge is -2.07. The van der Waals surface area contributed by atoms with Crippen molar-refractivity contribution < 1.29 is 4.79 Å². The summed E-state index contributed by atoms with van der Waals surface area (Å²) in [7, 11) is 0. The number of rotatable bonds is 4. The summed E-state index contributed by atoms with van der Waals surface area (Å²) in [5.74, 6) is -0.288. The van der Waals surface area contributed by atoms with Gasteiger partial charge < -0.3 is 0 Å². The lowest BCUT2D eigenvalue weighted by atomic mass is 10.3. The summed E-state index contributed by atoms with van der Waals surface area (Å²) in [5, 5.41) is 0. The Morgan fingerprint density at radius 2 is 1.64 bits per heavy atom. The van der Waals surface area contributed by atoms with Gasteiger partial charge in [0.2, 0.25) is 0 Å². The van der Waals surface area contributed by atoms with Crippen LogP contribution in [0.5, 0.6) is 0 Å². The van der Waals surface area contributed by atoms with Crippen molar-refractivity contribution >= 4 is 28.0 Å². The molecule has 0 atom stereocenters. The summed E-state index contributed by atoms with van der Waals surface area (Å²) < 4.78 is 4.73. The molecule has 0 bridgehead atoms. The number of fused-ring (bicyclic) bond motifs is 2. The van der Waals surface area contributed by atoms with Crippen molar-refractivity contribution in [3.63, 3.8) is 0 Å². The second-order valence-electron chi connectivity index (χ2n) is 5.74. The van der Waals surface area contributed by atoms with Crippen LogP contribution in [-0.2, 0) is 17.9 Å². The number of hydrogen-bond donors (Lipinski definition) is 1. The largest absolute Gasteiger partial charge is 0.329 e. The average molecular weight is 335 g/mol. The Labute approximate surface area is 143 Å². The Kier molecular flexibility index (Phi) is 3.61. The van der Waals surface area contributed by atoms with E-state index in [0.717, 1.165) is 22.1 Å². The fraction of sp³-hybridized carbons (Fsp3) is 0.167. The molecule has 0 aliphatic carbocycles. The highest BCUT2D eigenvalue weighted by molar-refractivity contribution is 5.87. The first-order chi connectivity index (χ1) is 12.2. The lowest BCUT2D eigenvalue weighted by molar-refractivity contribution is -0.117. The van der Waals surface area contributed by atoms with Crippen LogP contribution in [0.2, 0.25) is 0 Å². The monoisotopic (exact) mass is 335 g/mol. The van der Waals surface area contributed by atoms with Crippen molar-refractivity contribution in [2.75, 3.05) is 5.43 Å². The van der Waals surface area contributed by atoms with E-state index in [-0.39, 0.29) is 18.1 Å². The molecule has 0 aliphatic heterocycles. The molecule has 0 spiro atoms. The lowest BCUT2D eigenvalue weighted by Crippen LogP contribution is -2.32. The van der Waals surface area contributed by atoms with Gasteiger partial charge in [0.1, 0.15) is 12.9 Å². The summed E-state index contributed by atoms with van der Waals surface area (Å²) in [6.45, 7) is 2.41. The third kappa shape index (κ3) is 2.50. The maximum atomic E-state index is 12.6. The number of imidazole rings is 2. The molecule has 0 saturated carbocycles. The summed E-state index contributed by atoms with van der Waals surface area (Å²) in [6.07, 6.45) is 1.56. The normalized spacial score (nSPS) is 11.2. The van der Waals surface area contributed by atoms with E-state index in [1.807, 2.05) is 55.5 Å². The van der Waals surface area contributed by atoms with Crippen LogP contribution in [0.4, 0.5) is 0 Å². The number of benzene rings is 2. The van der Waals surface area contributed by atoms with E-state index in [2.05, 4.69) is 10.4 Å². The number of aryl methyl sites for hydroxylation is 1. The maximum absolute atomic E-state index is 12.6. The molecule has 0 aliphatic rings. The van der Waals surface area contributed by atoms with Gasteiger partial charge in [0, 0.05) is 6.54 Å². The van der Waals surface area contributed by atoms with Crippen molar-refractivity contribution in [1.82, 2.24) is 18.8 Å². The number of aromatic nitrogens is 4. The molecule has 0 saturated heterocycles. The standard InChI is InChI=1S/C18H17N5O2/c1-2-21-15-9-5-6-10-16(15)22(18(21)25)11-17(24)20-23-12-19-13-7-3-4-8-14(13)23/h3-10,12H,2,11H2,1H3,(H,20,24). The van der Waals surface area contributed by atoms with Gasteiger partial charge in [-0.05, 0) is 31.2 Å². The fourth-order valence-corrected chi connectivity index (χ4v) is 3.09. The van der Waals surface area contributed by atoms with E-state index in [1.54, 1.807) is 15.6 Å². The Balaban J connectivity index is 1.66. The molecule has 0 unspecified atom stereocenters. The Morgan fingerprint density at radius 1 is 1.00 bits per heavy atom. The molecule has 7 nitrogen and oxygen atoms in total. The minimum absolute atomic E-state index is 0.0567. The van der Waals surface area contributed by atoms with Crippen LogP contribution in [0.1, 0.15) is 6.92 Å². The van der Waals surface area contributed by atoms with Crippen LogP contribution in [0.25, 0.3) is 22.1 Å². The van der Waals surface area contributed by atoms with Gasteiger partial charge >= 0.3 is 5.69 Å². The molecule has 1 amide bonds. The van der Waals surface area contributed by atoms with E-state index in [1.165, 1.54) is 4.57 Å². The third-order valence-electron chi connectivity index (χ3n) is 4.24. The molecule has 0 fully saturated rings. The van der Waals surface area contributed by atoms with Gasteiger partial charge in [-0.3, -0.25) is 19.4 Å². The first-order valence-electron chi connectivity index (χ1n) is 8.09. The van der Waals surface area contributed by atoms with Gasteiger partial charge in [0.05, 0.1) is 22.1 Å². The molecule has 126 valence electrons. The third-order valence-corrected chi connectivity index (χ3v) is 4.24. The molecular formula is C18H17N5O2. The Bertz CT molecular complexity index is 1140. The maximum Gasteiger partial charge on any atom is 0.329 e. The van der Waals surface area contributed by atoms with Crippen LogP contribution in [0, 0.1) is 0 Å². The van der Waals surface area contributed by atoms with Crippen molar-refractivity contribution in [3.8, 4) is 0 Å². The van der Waals surface area contributed by atoms with Gasteiger partial charge in [-0.25, -0.2) is 14.5 Å². The molecule has 25 heavy (non-hydrogen) atoms. The number of carbonyl (C=O) groups is 1. The first kappa shape index (κ1) is 15.2. The predicted octanol–water partition coefficient (Wildman–Crippen LogP) is 1.94. The smallest absolute Gasteiger partial charge is 0.292 e. The van der Waals surface area contributed by atoms with E-state index in [9.17, 15) is 9.59 Å². The first-order valence-corrected chi connectivity index (χ1v) is 8.09. The molecule has 0 radical (unpaired) electrons. The summed E-state index contributed by atoms with van der Waals surface area (Å²) in [5.41, 5.74) is 5.77. The van der Waals surface area contributed by atoms with E-state index < -0.39 is 0 Å². The molecule has 7 heteroatoms. The molecule has 4 rings (SSSR count). The number of hydrogen-bond acceptors (Lipinski definition) is 3. The van der Waals surface area contributed by atoms with Gasteiger partial charge in [-0.15, -0.1) is 0 Å². The quantitative estimate of drug-likeness (QED) is 0.619. The van der Waals surface area contributed by atoms with Crippen LogP contribution in [0.3, 0.4) is 0 Å². The Morgan fingerprint density at radius 3 is 2.36 bits per heavy atom. The van der Waals surface area contributed by atoms with Crippen molar-refractivity contribution in [2.45, 2.75) is 20.0 Å². The SMILES string of the molecule is CCn1c(=O)n(CC(=O)Nn2cnc3ccccc32)c2ccccc21. The zero-order valence-corrected chi connectivity index (χ0v) is 13.7. The van der Waals surface area contributed by atoms with Gasteiger partial charge in [-0.1, -0.05) is 24.3 Å². The zero-order valence-electron chi connectivity index (χ0n) is 13.7. The number of para-hydroxylation sites is 4. The predicted molar refractivity (Wildman–Crippen MR) is 96.0 cm³/mol. The molecule has 1 N–H and O–H groups in total. The number of nitrogens with one attached hydrogen (secondary N) is 1. The van der Waals surface area contributed by atoms with E-state index in [0.29, 0.717) is 6.54 Å². The van der Waals surface area contributed by atoms with E-state index in [4.69, 9.17) is 0 Å². The number of nitrogens with zero attached hydrogens (tertiary/aromatic N) is 4. The van der Waals surface area contributed by atoms with Crippen molar-refractivity contribution in [1.29, 1.82) is 0 Å². The van der Waals surface area contributed by atoms with Crippen LogP contribution >= 0.6 is 0 Å². The minimum atomic E-state index is -0.288. The zero-order chi connectivity index (χ0) is 17.4. The van der Waals surface area contributed by atoms with Gasteiger partial charge in [0.25, 0.3) is 5.91 Å². The van der Waals surface area contributed by atoms with Crippen LogP contribution in [-0.4, -0.2) is 24.7 Å². The second kappa shape index (κ2) is 5.94. The van der Waals surface area contributed by atoms with E-state index >= 15 is 0 Å². The topological polar surface area (TPSA) is 73.8 Å². The van der Waals surface area contributed by atoms with Crippen LogP contribution in [0.15, 0.2) is 59.7 Å². The molecular weight excluding hydrogens is 318 g/mol. The summed E-state index contributed by atoms with van der Waals surface area (Å²) in [6, 6.07) is 15.0. The highest BCUT2D eigenvalue weighted by atomic mass is 16.2. The summed E-state index contributed by atoms with van der Waals surface area (Å²) in [4.78, 5) is 29.3. The fourth-order valence-electron chi connectivity index (χ4n) is 3.09. The van der Waals surface area contributed by atoms with Gasteiger partial charge in [0.15, 0.2) is 0 Å². The average Bonchev–Trinajstić information content (AvgIpc) is 3.15. The highest BCUT2D eigenvalue weighted by Gasteiger charge is 2.15. The van der Waals surface area contributed by atoms with Crippen molar-refractivity contribution in [3.05, 3.63) is 65.3 Å². The number of amides is 1. The van der Waals surface area contributed by atoms with Gasteiger partial charge in [-0.2, -0.15) is 0 Å². The summed E-state index contributed by atoms with van der Waals surface area (Å²) >= 11 is 0. The molecule has 4 aromatic rings. The Hall–Kier alpha value is -3.35. The van der Waals surface area contributed by atoms with Crippen molar-refractivity contribution in [2.24, 2.45) is 0 Å². The van der Waals surface area contributed by atoms with Crippen LogP contribution < -0.4 is 11.1 Å². The number of carbonyl (C=O) groups excluding carboxylic acids is 1.